The Bertz CT molecular complexity index is 400. The van der Waals surface area contributed by atoms with Gasteiger partial charge in [-0.1, -0.05) is 70.4 Å². The van der Waals surface area contributed by atoms with Crippen LogP contribution in [0.1, 0.15) is 64.7 Å². The molecule has 0 radical (unpaired) electrons. The summed E-state index contributed by atoms with van der Waals surface area (Å²) >= 11 is 0. The molecule has 0 saturated carbocycles. The first-order chi connectivity index (χ1) is 11.1. The van der Waals surface area contributed by atoms with E-state index in [-0.39, 0.29) is 12.4 Å². The number of rotatable bonds is 13. The van der Waals surface area contributed by atoms with E-state index in [2.05, 4.69) is 6.92 Å². The van der Waals surface area contributed by atoms with Crippen molar-refractivity contribution in [2.75, 3.05) is 6.61 Å². The highest BCUT2D eigenvalue weighted by Crippen LogP contribution is 2.10. The van der Waals surface area contributed by atoms with Gasteiger partial charge in [-0.25, -0.2) is 4.39 Å². The van der Waals surface area contributed by atoms with Gasteiger partial charge in [0.1, 0.15) is 5.82 Å². The molecule has 130 valence electrons. The van der Waals surface area contributed by atoms with Gasteiger partial charge in [-0.05, 0) is 24.0 Å². The molecule has 0 fully saturated rings. The van der Waals surface area contributed by atoms with Crippen molar-refractivity contribution >= 4 is 12.6 Å². The first-order valence-corrected chi connectivity index (χ1v) is 8.86. The number of benzene rings is 1. The van der Waals surface area contributed by atoms with Gasteiger partial charge < -0.3 is 14.8 Å². The molecule has 0 saturated heterocycles. The fourth-order valence-electron chi connectivity index (χ4n) is 2.52. The Morgan fingerprint density at radius 3 is 2.17 bits per heavy atom. The third kappa shape index (κ3) is 9.74. The quantitative estimate of drug-likeness (QED) is 0.432. The topological polar surface area (TPSA) is 49.7 Å². The Morgan fingerprint density at radius 2 is 1.57 bits per heavy atom. The summed E-state index contributed by atoms with van der Waals surface area (Å²) in [5, 5.41) is 19.7. The number of halogens is 1. The zero-order chi connectivity index (χ0) is 16.9. The Balaban J connectivity index is 2.03. The molecule has 0 aliphatic heterocycles. The zero-order valence-electron chi connectivity index (χ0n) is 14.2. The molecule has 0 aromatic heterocycles. The van der Waals surface area contributed by atoms with Crippen molar-refractivity contribution in [2.24, 2.45) is 0 Å². The fraction of sp³-hybridized carbons (Fsp3) is 0.667. The maximum atomic E-state index is 12.8. The van der Waals surface area contributed by atoms with E-state index < -0.39 is 13.2 Å². The highest BCUT2D eigenvalue weighted by molar-refractivity contribution is 6.59. The standard InChI is InChI=1S/C18H30BFO3/c1-2-3-4-5-6-7-8-9-10-18(21)15-23-19(22)16-11-13-17(20)14-12-16/h11-14,18,21-22H,2-10,15H2,1H3. The molecule has 1 rings (SSSR count). The Hall–Kier alpha value is -0.905. The van der Waals surface area contributed by atoms with Crippen LogP contribution in [0.4, 0.5) is 4.39 Å². The van der Waals surface area contributed by atoms with Crippen LogP contribution in [0.3, 0.4) is 0 Å². The molecule has 0 aliphatic carbocycles. The van der Waals surface area contributed by atoms with Crippen LogP contribution in [0.2, 0.25) is 0 Å². The Kier molecular flexibility index (Phi) is 11.0. The zero-order valence-corrected chi connectivity index (χ0v) is 14.2. The van der Waals surface area contributed by atoms with Gasteiger partial charge >= 0.3 is 7.12 Å². The van der Waals surface area contributed by atoms with Gasteiger partial charge in [-0.15, -0.1) is 0 Å². The molecular formula is C18H30BFO3. The Labute approximate surface area is 140 Å². The van der Waals surface area contributed by atoms with E-state index in [4.69, 9.17) is 4.65 Å². The molecule has 1 aromatic rings. The molecule has 1 unspecified atom stereocenters. The van der Waals surface area contributed by atoms with E-state index in [0.717, 1.165) is 12.8 Å². The summed E-state index contributed by atoms with van der Waals surface area (Å²) in [4.78, 5) is 0. The van der Waals surface area contributed by atoms with Crippen LogP contribution in [0, 0.1) is 5.82 Å². The van der Waals surface area contributed by atoms with E-state index in [0.29, 0.717) is 11.9 Å². The van der Waals surface area contributed by atoms with Gasteiger partial charge in [-0.3, -0.25) is 0 Å². The fourth-order valence-corrected chi connectivity index (χ4v) is 2.52. The van der Waals surface area contributed by atoms with Crippen molar-refractivity contribution in [3.8, 4) is 0 Å². The molecule has 2 N–H and O–H groups in total. The average molecular weight is 324 g/mol. The monoisotopic (exact) mass is 324 g/mol. The maximum Gasteiger partial charge on any atom is 0.491 e. The smallest absolute Gasteiger partial charge is 0.423 e. The van der Waals surface area contributed by atoms with E-state index in [1.54, 1.807) is 0 Å². The third-order valence-electron chi connectivity index (χ3n) is 3.99. The summed E-state index contributed by atoms with van der Waals surface area (Å²) < 4.78 is 18.0. The van der Waals surface area contributed by atoms with Crippen LogP contribution in [-0.2, 0) is 4.65 Å². The van der Waals surface area contributed by atoms with Crippen molar-refractivity contribution in [3.05, 3.63) is 30.1 Å². The SMILES string of the molecule is CCCCCCCCCCC(O)COB(O)c1ccc(F)cc1. The summed E-state index contributed by atoms with van der Waals surface area (Å²) in [6.07, 6.45) is 9.95. The predicted octanol–water partition coefficient (Wildman–Crippen LogP) is 3.42. The molecule has 5 heteroatoms. The van der Waals surface area contributed by atoms with Crippen LogP contribution in [0.15, 0.2) is 24.3 Å². The summed E-state index contributed by atoms with van der Waals surface area (Å²) in [5.41, 5.74) is 0.491. The summed E-state index contributed by atoms with van der Waals surface area (Å²) in [5.74, 6) is -0.351. The first kappa shape index (κ1) is 20.1. The van der Waals surface area contributed by atoms with E-state index in [1.165, 1.54) is 62.8 Å². The highest BCUT2D eigenvalue weighted by Gasteiger charge is 2.18. The molecule has 0 bridgehead atoms. The van der Waals surface area contributed by atoms with Crippen LogP contribution in [0.25, 0.3) is 0 Å². The number of hydrogen-bond donors (Lipinski definition) is 2. The number of unbranched alkanes of at least 4 members (excludes halogenated alkanes) is 7. The average Bonchev–Trinajstić information content (AvgIpc) is 2.55. The van der Waals surface area contributed by atoms with E-state index in [9.17, 15) is 14.5 Å². The third-order valence-corrected chi connectivity index (χ3v) is 3.99. The second kappa shape index (κ2) is 12.5. The van der Waals surface area contributed by atoms with Crippen molar-refractivity contribution < 1.29 is 19.2 Å². The lowest BCUT2D eigenvalue weighted by atomic mass is 9.79. The van der Waals surface area contributed by atoms with Crippen molar-refractivity contribution in [3.63, 3.8) is 0 Å². The highest BCUT2D eigenvalue weighted by atomic mass is 19.1. The molecule has 0 aliphatic rings. The van der Waals surface area contributed by atoms with Gasteiger partial charge in [0.2, 0.25) is 0 Å². The lowest BCUT2D eigenvalue weighted by Gasteiger charge is -2.13. The molecule has 23 heavy (non-hydrogen) atoms. The minimum Gasteiger partial charge on any atom is -0.423 e. The molecule has 0 amide bonds. The molecule has 0 spiro atoms. The second-order valence-electron chi connectivity index (χ2n) is 6.15. The summed E-state index contributed by atoms with van der Waals surface area (Å²) in [7, 11) is -1.12. The lowest BCUT2D eigenvalue weighted by Crippen LogP contribution is -2.36. The van der Waals surface area contributed by atoms with Crippen molar-refractivity contribution in [1.82, 2.24) is 0 Å². The molecule has 3 nitrogen and oxygen atoms in total. The van der Waals surface area contributed by atoms with Gasteiger partial charge in [0.25, 0.3) is 0 Å². The van der Waals surface area contributed by atoms with Crippen LogP contribution in [0.5, 0.6) is 0 Å². The summed E-state index contributed by atoms with van der Waals surface area (Å²) in [6.45, 7) is 2.31. The van der Waals surface area contributed by atoms with Crippen LogP contribution in [-0.4, -0.2) is 30.0 Å². The van der Waals surface area contributed by atoms with Gasteiger partial charge in [0.05, 0.1) is 12.7 Å². The van der Waals surface area contributed by atoms with Crippen LogP contribution < -0.4 is 5.46 Å². The van der Waals surface area contributed by atoms with Gasteiger partial charge in [-0.2, -0.15) is 0 Å². The minimum absolute atomic E-state index is 0.0923. The Morgan fingerprint density at radius 1 is 1.00 bits per heavy atom. The molecule has 0 heterocycles. The minimum atomic E-state index is -1.12. The van der Waals surface area contributed by atoms with Crippen LogP contribution >= 0.6 is 0 Å². The first-order valence-electron chi connectivity index (χ1n) is 8.86. The second-order valence-corrected chi connectivity index (χ2v) is 6.15. The van der Waals surface area contributed by atoms with Crippen molar-refractivity contribution in [1.29, 1.82) is 0 Å². The molecule has 1 aromatic carbocycles. The largest absolute Gasteiger partial charge is 0.491 e. The number of aliphatic hydroxyl groups is 1. The van der Waals surface area contributed by atoms with E-state index in [1.807, 2.05) is 0 Å². The maximum absolute atomic E-state index is 12.8. The summed E-state index contributed by atoms with van der Waals surface area (Å²) in [6, 6.07) is 5.51. The van der Waals surface area contributed by atoms with Crippen molar-refractivity contribution in [2.45, 2.75) is 70.8 Å². The predicted molar refractivity (Wildman–Crippen MR) is 93.2 cm³/mol. The lowest BCUT2D eigenvalue weighted by molar-refractivity contribution is 0.0887. The molecular weight excluding hydrogens is 294 g/mol. The number of hydrogen-bond acceptors (Lipinski definition) is 3. The molecule has 1 atom stereocenters. The van der Waals surface area contributed by atoms with Gasteiger partial charge in [0, 0.05) is 0 Å². The van der Waals surface area contributed by atoms with E-state index >= 15 is 0 Å². The van der Waals surface area contributed by atoms with Gasteiger partial charge in [0.15, 0.2) is 0 Å². The normalized spacial score (nSPS) is 12.3. The number of aliphatic hydroxyl groups excluding tert-OH is 1.